The molecule has 0 aliphatic carbocycles. The Balaban J connectivity index is 1.50. The quantitative estimate of drug-likeness (QED) is 0.511. The molecule has 4 rings (SSSR count). The van der Waals surface area contributed by atoms with Crippen LogP contribution in [0.2, 0.25) is 0 Å². The van der Waals surface area contributed by atoms with Crippen LogP contribution in [-0.4, -0.2) is 15.9 Å². The largest absolute Gasteiger partial charge is 0.302 e. The molecule has 0 aliphatic heterocycles. The number of hydrogen-bond acceptors (Lipinski definition) is 5. The predicted molar refractivity (Wildman–Crippen MR) is 113 cm³/mol. The van der Waals surface area contributed by atoms with Crippen molar-refractivity contribution in [2.75, 3.05) is 5.32 Å². The van der Waals surface area contributed by atoms with Crippen LogP contribution in [0.25, 0.3) is 10.8 Å². The number of aromatic nitrogens is 2. The zero-order valence-electron chi connectivity index (χ0n) is 15.2. The molecule has 2 aromatic heterocycles. The van der Waals surface area contributed by atoms with Crippen molar-refractivity contribution in [1.82, 2.24) is 9.97 Å². The van der Waals surface area contributed by atoms with Gasteiger partial charge in [0.2, 0.25) is 5.91 Å². The normalized spacial score (nSPS) is 11.0. The fourth-order valence-corrected chi connectivity index (χ4v) is 4.83. The van der Waals surface area contributed by atoms with Crippen LogP contribution in [0.15, 0.2) is 48.7 Å². The molecule has 0 aliphatic rings. The average Bonchev–Trinajstić information content (AvgIpc) is 3.20. The Bertz CT molecular complexity index is 1110. The van der Waals surface area contributed by atoms with Gasteiger partial charge in [0.05, 0.1) is 17.1 Å². The van der Waals surface area contributed by atoms with Crippen LogP contribution in [0.4, 0.5) is 5.13 Å². The first-order valence-corrected chi connectivity index (χ1v) is 10.4. The summed E-state index contributed by atoms with van der Waals surface area (Å²) in [6, 6.07) is 14.8. The standard InChI is InChI=1S/C21H19N3OS2/c1-13-12-22-21(26-13)24-19(25)11-18-14(2)23-20(27-18)10-16-8-5-7-15-6-3-4-9-17(15)16/h3-9,12H,10-11H2,1-2H3,(H,22,24,25). The lowest BCUT2D eigenvalue weighted by molar-refractivity contribution is -0.115. The summed E-state index contributed by atoms with van der Waals surface area (Å²) in [5, 5.41) is 7.05. The van der Waals surface area contributed by atoms with E-state index in [1.807, 2.05) is 13.8 Å². The highest BCUT2D eigenvalue weighted by atomic mass is 32.1. The number of carbonyl (C=O) groups excluding carboxylic acids is 1. The Labute approximate surface area is 165 Å². The molecule has 0 spiro atoms. The third-order valence-corrected chi connectivity index (χ3v) is 6.33. The molecule has 0 atom stereocenters. The molecule has 0 saturated carbocycles. The van der Waals surface area contributed by atoms with Crippen LogP contribution in [0.1, 0.15) is 26.0 Å². The molecule has 0 saturated heterocycles. The number of benzene rings is 2. The van der Waals surface area contributed by atoms with E-state index >= 15 is 0 Å². The van der Waals surface area contributed by atoms with Crippen molar-refractivity contribution in [2.24, 2.45) is 0 Å². The van der Waals surface area contributed by atoms with E-state index in [0.717, 1.165) is 26.9 Å². The van der Waals surface area contributed by atoms with Gasteiger partial charge in [-0.15, -0.1) is 22.7 Å². The summed E-state index contributed by atoms with van der Waals surface area (Å²) >= 11 is 3.10. The van der Waals surface area contributed by atoms with Crippen molar-refractivity contribution in [3.05, 3.63) is 74.7 Å². The zero-order valence-corrected chi connectivity index (χ0v) is 16.8. The number of amides is 1. The summed E-state index contributed by atoms with van der Waals surface area (Å²) in [5.74, 6) is -0.0483. The van der Waals surface area contributed by atoms with Crippen molar-refractivity contribution < 1.29 is 4.79 Å². The number of aryl methyl sites for hydroxylation is 2. The van der Waals surface area contributed by atoms with Crippen molar-refractivity contribution in [1.29, 1.82) is 0 Å². The van der Waals surface area contributed by atoms with Gasteiger partial charge in [0.1, 0.15) is 0 Å². The minimum atomic E-state index is -0.0483. The van der Waals surface area contributed by atoms with Crippen molar-refractivity contribution in [2.45, 2.75) is 26.7 Å². The Kier molecular flexibility index (Phi) is 5.01. The number of hydrogen-bond donors (Lipinski definition) is 1. The fraction of sp³-hybridized carbons (Fsp3) is 0.190. The number of carbonyl (C=O) groups is 1. The summed E-state index contributed by atoms with van der Waals surface area (Å²) in [5.41, 5.74) is 2.19. The highest BCUT2D eigenvalue weighted by Crippen LogP contribution is 2.26. The maximum atomic E-state index is 12.3. The summed E-state index contributed by atoms with van der Waals surface area (Å²) in [4.78, 5) is 23.3. The molecule has 1 amide bonds. The number of anilines is 1. The summed E-state index contributed by atoms with van der Waals surface area (Å²) in [7, 11) is 0. The summed E-state index contributed by atoms with van der Waals surface area (Å²) in [6.07, 6.45) is 2.87. The lowest BCUT2D eigenvalue weighted by Gasteiger charge is -2.04. The Hall–Kier alpha value is -2.57. The van der Waals surface area contributed by atoms with Crippen LogP contribution in [0.5, 0.6) is 0 Å². The number of nitrogens with one attached hydrogen (secondary N) is 1. The third kappa shape index (κ3) is 4.07. The molecule has 2 aromatic carbocycles. The van der Waals surface area contributed by atoms with E-state index in [1.54, 1.807) is 17.5 Å². The van der Waals surface area contributed by atoms with Gasteiger partial charge in [-0.1, -0.05) is 42.5 Å². The SMILES string of the molecule is Cc1cnc(NC(=O)Cc2sc(Cc3cccc4ccccc34)nc2C)s1. The fourth-order valence-electron chi connectivity index (χ4n) is 3.06. The molecule has 1 N–H and O–H groups in total. The van der Waals surface area contributed by atoms with Crippen molar-refractivity contribution in [3.8, 4) is 0 Å². The van der Waals surface area contributed by atoms with E-state index in [0.29, 0.717) is 11.6 Å². The zero-order chi connectivity index (χ0) is 18.8. The maximum Gasteiger partial charge on any atom is 0.231 e. The lowest BCUT2D eigenvalue weighted by Crippen LogP contribution is -2.13. The minimum Gasteiger partial charge on any atom is -0.302 e. The second-order valence-corrected chi connectivity index (χ2v) is 8.84. The van der Waals surface area contributed by atoms with E-state index < -0.39 is 0 Å². The molecule has 0 unspecified atom stereocenters. The van der Waals surface area contributed by atoms with Crippen molar-refractivity contribution in [3.63, 3.8) is 0 Å². The molecule has 4 aromatic rings. The molecule has 136 valence electrons. The van der Waals surface area contributed by atoms with E-state index in [1.165, 1.54) is 27.7 Å². The molecule has 27 heavy (non-hydrogen) atoms. The number of thiazole rings is 2. The smallest absolute Gasteiger partial charge is 0.231 e. The number of rotatable bonds is 5. The molecule has 0 fully saturated rings. The van der Waals surface area contributed by atoms with Crippen LogP contribution >= 0.6 is 22.7 Å². The van der Waals surface area contributed by atoms with E-state index in [-0.39, 0.29) is 5.91 Å². The second kappa shape index (κ2) is 7.58. The topological polar surface area (TPSA) is 54.9 Å². The van der Waals surface area contributed by atoms with Crippen LogP contribution < -0.4 is 5.32 Å². The molecule has 4 nitrogen and oxygen atoms in total. The van der Waals surface area contributed by atoms with Gasteiger partial charge in [0.25, 0.3) is 0 Å². The van der Waals surface area contributed by atoms with Gasteiger partial charge in [-0.25, -0.2) is 9.97 Å². The van der Waals surface area contributed by atoms with Gasteiger partial charge < -0.3 is 5.32 Å². The number of nitrogens with zero attached hydrogens (tertiary/aromatic N) is 2. The summed E-state index contributed by atoms with van der Waals surface area (Å²) in [6.45, 7) is 3.94. The van der Waals surface area contributed by atoms with Crippen LogP contribution in [0.3, 0.4) is 0 Å². The monoisotopic (exact) mass is 393 g/mol. The molecule has 0 radical (unpaired) electrons. The molecule has 6 heteroatoms. The Morgan fingerprint density at radius 2 is 1.89 bits per heavy atom. The van der Waals surface area contributed by atoms with Gasteiger partial charge in [-0.3, -0.25) is 4.79 Å². The Morgan fingerprint density at radius 1 is 1.07 bits per heavy atom. The molecule has 2 heterocycles. The average molecular weight is 394 g/mol. The molecular weight excluding hydrogens is 374 g/mol. The molecule has 0 bridgehead atoms. The van der Waals surface area contributed by atoms with E-state index in [2.05, 4.69) is 52.8 Å². The lowest BCUT2D eigenvalue weighted by atomic mass is 10.0. The van der Waals surface area contributed by atoms with Gasteiger partial charge in [-0.05, 0) is 30.2 Å². The highest BCUT2D eigenvalue weighted by molar-refractivity contribution is 7.15. The van der Waals surface area contributed by atoms with Crippen LogP contribution in [0, 0.1) is 13.8 Å². The minimum absolute atomic E-state index is 0.0483. The predicted octanol–water partition coefficient (Wildman–Crippen LogP) is 5.14. The van der Waals surface area contributed by atoms with Gasteiger partial charge >= 0.3 is 0 Å². The third-order valence-electron chi connectivity index (χ3n) is 4.35. The summed E-state index contributed by atoms with van der Waals surface area (Å²) < 4.78 is 0. The second-order valence-electron chi connectivity index (χ2n) is 6.43. The first kappa shape index (κ1) is 17.8. The first-order chi connectivity index (χ1) is 13.1. The van der Waals surface area contributed by atoms with Crippen molar-refractivity contribution >= 4 is 44.5 Å². The van der Waals surface area contributed by atoms with Crippen LogP contribution in [-0.2, 0) is 17.6 Å². The Morgan fingerprint density at radius 3 is 2.70 bits per heavy atom. The maximum absolute atomic E-state index is 12.3. The van der Waals surface area contributed by atoms with E-state index in [4.69, 9.17) is 4.98 Å². The van der Waals surface area contributed by atoms with E-state index in [9.17, 15) is 4.79 Å². The van der Waals surface area contributed by atoms with Gasteiger partial charge in [0, 0.05) is 22.4 Å². The highest BCUT2D eigenvalue weighted by Gasteiger charge is 2.14. The molecular formula is C21H19N3OS2. The van der Waals surface area contributed by atoms with Gasteiger partial charge in [-0.2, -0.15) is 0 Å². The number of fused-ring (bicyclic) bond motifs is 1. The van der Waals surface area contributed by atoms with Gasteiger partial charge in [0.15, 0.2) is 5.13 Å². The first-order valence-electron chi connectivity index (χ1n) is 8.72.